The SMILES string of the molecule is C=CCC[C@@](O)(CC=C)C(=O)O. The summed E-state index contributed by atoms with van der Waals surface area (Å²) in [5, 5.41) is 18.2. The van der Waals surface area contributed by atoms with Crippen LogP contribution in [-0.4, -0.2) is 21.8 Å². The van der Waals surface area contributed by atoms with Crippen molar-refractivity contribution < 1.29 is 15.0 Å². The summed E-state index contributed by atoms with van der Waals surface area (Å²) in [6, 6.07) is 0. The molecule has 0 aliphatic rings. The van der Waals surface area contributed by atoms with E-state index in [1.54, 1.807) is 6.08 Å². The molecular formula is C9H14O3. The van der Waals surface area contributed by atoms with Crippen molar-refractivity contribution >= 4 is 5.97 Å². The van der Waals surface area contributed by atoms with Crippen molar-refractivity contribution in [3.8, 4) is 0 Å². The Labute approximate surface area is 72.0 Å². The number of carboxylic acid groups (broad SMARTS) is 1. The van der Waals surface area contributed by atoms with E-state index in [1.165, 1.54) is 6.08 Å². The first-order valence-corrected chi connectivity index (χ1v) is 3.74. The Kier molecular flexibility index (Phi) is 4.29. The number of allylic oxidation sites excluding steroid dienone is 1. The largest absolute Gasteiger partial charge is 0.479 e. The molecular weight excluding hydrogens is 156 g/mol. The molecule has 0 aliphatic heterocycles. The number of aliphatic carboxylic acids is 1. The number of carbonyl (C=O) groups is 1. The van der Waals surface area contributed by atoms with Gasteiger partial charge in [0.15, 0.2) is 5.60 Å². The predicted molar refractivity (Wildman–Crippen MR) is 46.8 cm³/mol. The molecule has 0 radical (unpaired) electrons. The van der Waals surface area contributed by atoms with Crippen molar-refractivity contribution in [2.75, 3.05) is 0 Å². The summed E-state index contributed by atoms with van der Waals surface area (Å²) in [4.78, 5) is 10.6. The second-order valence-corrected chi connectivity index (χ2v) is 2.66. The van der Waals surface area contributed by atoms with E-state index in [-0.39, 0.29) is 12.8 Å². The molecule has 2 N–H and O–H groups in total. The third-order valence-corrected chi connectivity index (χ3v) is 1.64. The molecule has 0 aliphatic carbocycles. The van der Waals surface area contributed by atoms with Crippen molar-refractivity contribution in [1.82, 2.24) is 0 Å². The van der Waals surface area contributed by atoms with Gasteiger partial charge in [0.2, 0.25) is 0 Å². The lowest BCUT2D eigenvalue weighted by molar-refractivity contribution is -0.158. The summed E-state index contributed by atoms with van der Waals surface area (Å²) in [6.07, 6.45) is 3.71. The molecule has 0 spiro atoms. The fourth-order valence-electron chi connectivity index (χ4n) is 0.876. The summed E-state index contributed by atoms with van der Waals surface area (Å²) in [6.45, 7) is 6.84. The van der Waals surface area contributed by atoms with Gasteiger partial charge in [0, 0.05) is 6.42 Å². The van der Waals surface area contributed by atoms with Crippen LogP contribution in [0.1, 0.15) is 19.3 Å². The standard InChI is InChI=1S/C9H14O3/c1-3-5-7-9(12,6-4-2)8(10)11/h3-4,12H,1-2,5-7H2,(H,10,11)/t9-/m0/s1. The van der Waals surface area contributed by atoms with Gasteiger partial charge in [-0.3, -0.25) is 0 Å². The van der Waals surface area contributed by atoms with Gasteiger partial charge in [-0.25, -0.2) is 4.79 Å². The van der Waals surface area contributed by atoms with E-state index in [4.69, 9.17) is 5.11 Å². The first-order chi connectivity index (χ1) is 5.56. The molecule has 1 atom stereocenters. The van der Waals surface area contributed by atoms with Crippen LogP contribution in [0, 0.1) is 0 Å². The zero-order chi connectivity index (χ0) is 9.61. The average molecular weight is 170 g/mol. The minimum atomic E-state index is -1.67. The van der Waals surface area contributed by atoms with Crippen molar-refractivity contribution in [2.45, 2.75) is 24.9 Å². The maximum atomic E-state index is 10.6. The lowest BCUT2D eigenvalue weighted by Gasteiger charge is -2.20. The van der Waals surface area contributed by atoms with Crippen molar-refractivity contribution in [1.29, 1.82) is 0 Å². The lowest BCUT2D eigenvalue weighted by atomic mass is 9.94. The van der Waals surface area contributed by atoms with Gasteiger partial charge in [-0.15, -0.1) is 13.2 Å². The van der Waals surface area contributed by atoms with Crippen LogP contribution in [-0.2, 0) is 4.79 Å². The van der Waals surface area contributed by atoms with Gasteiger partial charge in [0.1, 0.15) is 0 Å². The van der Waals surface area contributed by atoms with E-state index in [0.717, 1.165) is 0 Å². The molecule has 12 heavy (non-hydrogen) atoms. The van der Waals surface area contributed by atoms with E-state index in [0.29, 0.717) is 6.42 Å². The molecule has 0 unspecified atom stereocenters. The average Bonchev–Trinajstić information content (AvgIpc) is 2.01. The smallest absolute Gasteiger partial charge is 0.336 e. The van der Waals surface area contributed by atoms with Gasteiger partial charge in [-0.2, -0.15) is 0 Å². The molecule has 0 heterocycles. The number of carboxylic acids is 1. The molecule has 0 saturated carbocycles. The van der Waals surface area contributed by atoms with E-state index < -0.39 is 11.6 Å². The van der Waals surface area contributed by atoms with Crippen LogP contribution >= 0.6 is 0 Å². The van der Waals surface area contributed by atoms with Crippen LogP contribution in [0.2, 0.25) is 0 Å². The van der Waals surface area contributed by atoms with Crippen LogP contribution < -0.4 is 0 Å². The molecule has 68 valence electrons. The van der Waals surface area contributed by atoms with Gasteiger partial charge in [-0.1, -0.05) is 12.2 Å². The van der Waals surface area contributed by atoms with Crippen molar-refractivity contribution in [2.24, 2.45) is 0 Å². The van der Waals surface area contributed by atoms with Crippen molar-refractivity contribution in [3.05, 3.63) is 25.3 Å². The highest BCUT2D eigenvalue weighted by molar-refractivity contribution is 5.77. The topological polar surface area (TPSA) is 57.5 Å². The highest BCUT2D eigenvalue weighted by Crippen LogP contribution is 2.18. The minimum absolute atomic E-state index is 0.0656. The third-order valence-electron chi connectivity index (χ3n) is 1.64. The summed E-state index contributed by atoms with van der Waals surface area (Å²) in [5.74, 6) is -1.20. The molecule has 0 bridgehead atoms. The van der Waals surface area contributed by atoms with Gasteiger partial charge < -0.3 is 10.2 Å². The van der Waals surface area contributed by atoms with E-state index in [1.807, 2.05) is 0 Å². The van der Waals surface area contributed by atoms with Crippen LogP contribution in [0.3, 0.4) is 0 Å². The van der Waals surface area contributed by atoms with Gasteiger partial charge in [-0.05, 0) is 12.8 Å². The molecule has 0 fully saturated rings. The van der Waals surface area contributed by atoms with Crippen LogP contribution in [0.5, 0.6) is 0 Å². The number of hydrogen-bond acceptors (Lipinski definition) is 2. The minimum Gasteiger partial charge on any atom is -0.479 e. The number of aliphatic hydroxyl groups is 1. The highest BCUT2D eigenvalue weighted by atomic mass is 16.4. The van der Waals surface area contributed by atoms with Gasteiger partial charge in [0.25, 0.3) is 0 Å². The zero-order valence-electron chi connectivity index (χ0n) is 6.99. The van der Waals surface area contributed by atoms with Crippen molar-refractivity contribution in [3.63, 3.8) is 0 Å². The molecule has 0 saturated heterocycles. The first-order valence-electron chi connectivity index (χ1n) is 3.74. The predicted octanol–water partition coefficient (Wildman–Crippen LogP) is 1.34. The summed E-state index contributed by atoms with van der Waals surface area (Å²) >= 11 is 0. The molecule has 0 aromatic rings. The Morgan fingerprint density at radius 3 is 2.33 bits per heavy atom. The maximum absolute atomic E-state index is 10.6. The van der Waals surface area contributed by atoms with Crippen LogP contribution in [0.25, 0.3) is 0 Å². The summed E-state index contributed by atoms with van der Waals surface area (Å²) < 4.78 is 0. The van der Waals surface area contributed by atoms with Gasteiger partial charge >= 0.3 is 5.97 Å². The highest BCUT2D eigenvalue weighted by Gasteiger charge is 2.33. The Morgan fingerprint density at radius 2 is 2.00 bits per heavy atom. The van der Waals surface area contributed by atoms with E-state index >= 15 is 0 Å². The first kappa shape index (κ1) is 10.9. The molecule has 0 amide bonds. The second-order valence-electron chi connectivity index (χ2n) is 2.66. The monoisotopic (exact) mass is 170 g/mol. The summed E-state index contributed by atoms with van der Waals surface area (Å²) in [7, 11) is 0. The molecule has 3 nitrogen and oxygen atoms in total. The van der Waals surface area contributed by atoms with Crippen LogP contribution in [0.15, 0.2) is 25.3 Å². The lowest BCUT2D eigenvalue weighted by Crippen LogP contribution is -2.37. The second kappa shape index (κ2) is 4.72. The number of rotatable bonds is 6. The normalized spacial score (nSPS) is 14.8. The van der Waals surface area contributed by atoms with Gasteiger partial charge in [0.05, 0.1) is 0 Å². The molecule has 0 rings (SSSR count). The fourth-order valence-corrected chi connectivity index (χ4v) is 0.876. The Balaban J connectivity index is 4.26. The quantitative estimate of drug-likeness (QED) is 0.591. The Hall–Kier alpha value is -1.09. The van der Waals surface area contributed by atoms with E-state index in [9.17, 15) is 9.90 Å². The summed E-state index contributed by atoms with van der Waals surface area (Å²) in [5.41, 5.74) is -1.67. The fraction of sp³-hybridized carbons (Fsp3) is 0.444. The Bertz CT molecular complexity index is 186. The molecule has 0 aromatic heterocycles. The van der Waals surface area contributed by atoms with Crippen LogP contribution in [0.4, 0.5) is 0 Å². The molecule has 3 heteroatoms. The van der Waals surface area contributed by atoms with E-state index in [2.05, 4.69) is 13.2 Å². The third kappa shape index (κ3) is 2.88. The zero-order valence-corrected chi connectivity index (χ0v) is 6.99. The Morgan fingerprint density at radius 1 is 1.42 bits per heavy atom. The number of hydrogen-bond donors (Lipinski definition) is 2. The molecule has 0 aromatic carbocycles. The maximum Gasteiger partial charge on any atom is 0.336 e.